The number of nitrogens with zero attached hydrogens (tertiary/aromatic N) is 2. The van der Waals surface area contributed by atoms with Crippen molar-refractivity contribution >= 4 is 16.8 Å². The van der Waals surface area contributed by atoms with Crippen molar-refractivity contribution < 1.29 is 9.21 Å². The molecular weight excluding hydrogens is 348 g/mol. The number of hydrogen-bond donors (Lipinski definition) is 0. The van der Waals surface area contributed by atoms with E-state index in [1.165, 1.54) is 34.2 Å². The highest BCUT2D eigenvalue weighted by Crippen LogP contribution is 2.48. The molecule has 28 heavy (non-hydrogen) atoms. The number of aromatic nitrogens is 1. The van der Waals surface area contributed by atoms with Gasteiger partial charge in [-0.25, -0.2) is 0 Å². The van der Waals surface area contributed by atoms with Gasteiger partial charge >= 0.3 is 0 Å². The summed E-state index contributed by atoms with van der Waals surface area (Å²) in [6, 6.07) is 12.5. The van der Waals surface area contributed by atoms with Crippen LogP contribution in [0.25, 0.3) is 10.9 Å². The van der Waals surface area contributed by atoms with Gasteiger partial charge in [0.25, 0.3) is 5.91 Å². The molecule has 0 N–H and O–H groups in total. The fourth-order valence-corrected chi connectivity index (χ4v) is 5.08. The zero-order chi connectivity index (χ0) is 19.4. The third-order valence-electron chi connectivity index (χ3n) is 6.52. The molecule has 0 radical (unpaired) electrons. The molecule has 1 amide bonds. The Balaban J connectivity index is 1.69. The summed E-state index contributed by atoms with van der Waals surface area (Å²) in [7, 11) is 2.12. The van der Waals surface area contributed by atoms with Crippen molar-refractivity contribution in [3.05, 3.63) is 70.3 Å². The number of para-hydroxylation sites is 1. The number of carbonyl (C=O) groups excluding carboxylic acids is 1. The van der Waals surface area contributed by atoms with E-state index in [0.717, 1.165) is 36.4 Å². The normalized spacial score (nSPS) is 19.8. The summed E-state index contributed by atoms with van der Waals surface area (Å²) in [5, 5.41) is 1.25. The molecule has 0 saturated heterocycles. The van der Waals surface area contributed by atoms with Crippen molar-refractivity contribution in [3.8, 4) is 0 Å². The van der Waals surface area contributed by atoms with Crippen LogP contribution in [0.5, 0.6) is 0 Å². The van der Waals surface area contributed by atoms with Crippen LogP contribution in [0.15, 0.2) is 52.0 Å². The number of amides is 1. The number of benzene rings is 1. The fourth-order valence-electron chi connectivity index (χ4n) is 5.08. The molecule has 1 aliphatic carbocycles. The summed E-state index contributed by atoms with van der Waals surface area (Å²) in [4.78, 5) is 15.5. The number of rotatable bonds is 3. The van der Waals surface area contributed by atoms with Gasteiger partial charge in [0.2, 0.25) is 0 Å². The minimum atomic E-state index is 0.0132. The third-order valence-corrected chi connectivity index (χ3v) is 6.52. The van der Waals surface area contributed by atoms with Crippen molar-refractivity contribution in [2.45, 2.75) is 52.1 Å². The van der Waals surface area contributed by atoms with Crippen LogP contribution in [0.3, 0.4) is 0 Å². The van der Waals surface area contributed by atoms with E-state index in [-0.39, 0.29) is 11.9 Å². The predicted octanol–water partition coefficient (Wildman–Crippen LogP) is 5.34. The van der Waals surface area contributed by atoms with Gasteiger partial charge in [-0.3, -0.25) is 4.79 Å². The van der Waals surface area contributed by atoms with E-state index in [4.69, 9.17) is 4.42 Å². The highest BCUT2D eigenvalue weighted by Gasteiger charge is 2.42. The van der Waals surface area contributed by atoms with Gasteiger partial charge in [0.15, 0.2) is 0 Å². The van der Waals surface area contributed by atoms with Crippen LogP contribution in [0.2, 0.25) is 0 Å². The molecule has 2 aromatic heterocycles. The van der Waals surface area contributed by atoms with Crippen LogP contribution in [0, 0.1) is 13.8 Å². The first kappa shape index (κ1) is 17.4. The van der Waals surface area contributed by atoms with Crippen molar-refractivity contribution in [2.24, 2.45) is 7.05 Å². The quantitative estimate of drug-likeness (QED) is 0.620. The molecule has 0 fully saturated rings. The number of furan rings is 1. The first-order valence-electron chi connectivity index (χ1n) is 10.2. The van der Waals surface area contributed by atoms with Crippen molar-refractivity contribution in [1.82, 2.24) is 9.47 Å². The molecule has 0 bridgehead atoms. The Morgan fingerprint density at radius 1 is 1.07 bits per heavy atom. The maximum absolute atomic E-state index is 13.4. The molecule has 0 spiro atoms. The maximum atomic E-state index is 13.4. The summed E-state index contributed by atoms with van der Waals surface area (Å²) in [6.07, 6.45) is 4.20. The van der Waals surface area contributed by atoms with Gasteiger partial charge in [-0.05, 0) is 63.3 Å². The summed E-state index contributed by atoms with van der Waals surface area (Å²) >= 11 is 0. The first-order valence-corrected chi connectivity index (χ1v) is 10.2. The minimum absolute atomic E-state index is 0.0132. The van der Waals surface area contributed by atoms with Gasteiger partial charge < -0.3 is 13.9 Å². The first-order chi connectivity index (χ1) is 13.6. The SMILES string of the molecule is Cc1ccc(CN2C(=O)C3=C(CCCC3)[C@H]2c2c(C)n(C)c3ccccc23)o1. The third kappa shape index (κ3) is 2.47. The summed E-state index contributed by atoms with van der Waals surface area (Å²) in [5.74, 6) is 1.94. The molecular formula is C24H26N2O2. The molecule has 2 aliphatic rings. The fraction of sp³-hybridized carbons (Fsp3) is 0.375. The summed E-state index contributed by atoms with van der Waals surface area (Å²) in [5.41, 5.74) is 6.12. The highest BCUT2D eigenvalue weighted by atomic mass is 16.3. The van der Waals surface area contributed by atoms with E-state index < -0.39 is 0 Å². The second-order valence-corrected chi connectivity index (χ2v) is 8.13. The van der Waals surface area contributed by atoms with Gasteiger partial charge in [-0.15, -0.1) is 0 Å². The Hall–Kier alpha value is -2.75. The van der Waals surface area contributed by atoms with Crippen molar-refractivity contribution in [1.29, 1.82) is 0 Å². The van der Waals surface area contributed by atoms with Crippen LogP contribution < -0.4 is 0 Å². The average Bonchev–Trinajstić information content (AvgIpc) is 3.32. The van der Waals surface area contributed by atoms with Crippen LogP contribution in [0.1, 0.15) is 54.5 Å². The molecule has 5 rings (SSSR count). The molecule has 0 saturated carbocycles. The van der Waals surface area contributed by atoms with Gasteiger partial charge in [-0.2, -0.15) is 0 Å². The van der Waals surface area contributed by atoms with Gasteiger partial charge in [-0.1, -0.05) is 18.2 Å². The Kier molecular flexibility index (Phi) is 3.97. The van der Waals surface area contributed by atoms with Gasteiger partial charge in [0.05, 0.1) is 12.6 Å². The maximum Gasteiger partial charge on any atom is 0.251 e. The smallest absolute Gasteiger partial charge is 0.251 e. The Morgan fingerprint density at radius 2 is 1.86 bits per heavy atom. The second kappa shape index (κ2) is 6.40. The number of aryl methyl sites for hydroxylation is 2. The van der Waals surface area contributed by atoms with Crippen LogP contribution in [0.4, 0.5) is 0 Å². The van der Waals surface area contributed by atoms with E-state index in [9.17, 15) is 4.79 Å². The largest absolute Gasteiger partial charge is 0.464 e. The molecule has 144 valence electrons. The molecule has 1 atom stereocenters. The standard InChI is InChI=1S/C24H26N2O2/c1-15-12-13-17(28-15)14-26-23(18-8-4-5-9-19(18)24(26)27)22-16(2)25(3)21-11-7-6-10-20(21)22/h6-7,10-13,23H,4-5,8-9,14H2,1-3H3/t23-/m0/s1. The Bertz CT molecular complexity index is 1120. The monoisotopic (exact) mass is 374 g/mol. The van der Waals surface area contributed by atoms with Crippen LogP contribution in [-0.2, 0) is 18.4 Å². The van der Waals surface area contributed by atoms with E-state index in [2.05, 4.69) is 42.8 Å². The minimum Gasteiger partial charge on any atom is -0.464 e. The Morgan fingerprint density at radius 3 is 2.64 bits per heavy atom. The summed E-state index contributed by atoms with van der Waals surface area (Å²) in [6.45, 7) is 4.65. The second-order valence-electron chi connectivity index (χ2n) is 8.13. The molecule has 4 nitrogen and oxygen atoms in total. The summed E-state index contributed by atoms with van der Waals surface area (Å²) < 4.78 is 8.09. The Labute approximate surface area is 165 Å². The van der Waals surface area contributed by atoms with E-state index >= 15 is 0 Å². The molecule has 1 aliphatic heterocycles. The van der Waals surface area contributed by atoms with E-state index in [1.807, 2.05) is 24.0 Å². The van der Waals surface area contributed by atoms with Crippen LogP contribution >= 0.6 is 0 Å². The van der Waals surface area contributed by atoms with E-state index in [0.29, 0.717) is 6.54 Å². The average molecular weight is 374 g/mol. The number of fused-ring (bicyclic) bond motifs is 1. The molecule has 1 aromatic carbocycles. The molecule has 0 unspecified atom stereocenters. The number of hydrogen-bond acceptors (Lipinski definition) is 2. The molecule has 4 heteroatoms. The zero-order valence-electron chi connectivity index (χ0n) is 16.8. The van der Waals surface area contributed by atoms with Gasteiger partial charge in [0, 0.05) is 34.8 Å². The van der Waals surface area contributed by atoms with Crippen LogP contribution in [-0.4, -0.2) is 15.4 Å². The van der Waals surface area contributed by atoms with E-state index in [1.54, 1.807) is 0 Å². The van der Waals surface area contributed by atoms with Gasteiger partial charge in [0.1, 0.15) is 11.5 Å². The topological polar surface area (TPSA) is 38.4 Å². The predicted molar refractivity (Wildman–Crippen MR) is 110 cm³/mol. The lowest BCUT2D eigenvalue weighted by Crippen LogP contribution is -2.30. The van der Waals surface area contributed by atoms with Crippen molar-refractivity contribution in [2.75, 3.05) is 0 Å². The zero-order valence-corrected chi connectivity index (χ0v) is 16.8. The lowest BCUT2D eigenvalue weighted by atomic mass is 9.87. The lowest BCUT2D eigenvalue weighted by Gasteiger charge is -2.28. The highest BCUT2D eigenvalue weighted by molar-refractivity contribution is 5.99. The van der Waals surface area contributed by atoms with Crippen molar-refractivity contribution in [3.63, 3.8) is 0 Å². The molecule has 3 aromatic rings. The lowest BCUT2D eigenvalue weighted by molar-refractivity contribution is -0.128. The molecule has 3 heterocycles. The number of carbonyl (C=O) groups is 1.